The molecule has 0 aliphatic heterocycles. The largest absolute Gasteiger partial charge is 0.465 e. The summed E-state index contributed by atoms with van der Waals surface area (Å²) in [5, 5.41) is 0. The lowest BCUT2D eigenvalue weighted by Gasteiger charge is -2.18. The minimum atomic E-state index is -0.668. The van der Waals surface area contributed by atoms with Gasteiger partial charge in [0.2, 0.25) is 0 Å². The minimum Gasteiger partial charge on any atom is -0.465 e. The Bertz CT molecular complexity index is 692. The van der Waals surface area contributed by atoms with Gasteiger partial charge in [-0.15, -0.1) is 0 Å². The molecule has 6 heteroatoms. The highest BCUT2D eigenvalue weighted by Crippen LogP contribution is 2.15. The van der Waals surface area contributed by atoms with E-state index in [1.54, 1.807) is 25.1 Å². The Kier molecular flexibility index (Phi) is 6.96. The van der Waals surface area contributed by atoms with Crippen LogP contribution in [0.5, 0.6) is 0 Å². The van der Waals surface area contributed by atoms with Crippen LogP contribution in [0.15, 0.2) is 59.1 Å². The first kappa shape index (κ1) is 18.2. The van der Waals surface area contributed by atoms with Crippen molar-refractivity contribution in [3.05, 3.63) is 70.2 Å². The average molecular weight is 391 g/mol. The van der Waals surface area contributed by atoms with Crippen molar-refractivity contribution in [2.75, 3.05) is 6.61 Å². The van der Waals surface area contributed by atoms with Gasteiger partial charge < -0.3 is 4.74 Å². The van der Waals surface area contributed by atoms with Crippen LogP contribution >= 0.6 is 15.9 Å². The molecule has 126 valence electrons. The lowest BCUT2D eigenvalue weighted by molar-refractivity contribution is -0.145. The molecule has 0 unspecified atom stereocenters. The molecule has 2 aromatic carbocycles. The second-order valence-electron chi connectivity index (χ2n) is 5.07. The normalized spacial score (nSPS) is 11.6. The Morgan fingerprint density at radius 1 is 1.08 bits per heavy atom. The summed E-state index contributed by atoms with van der Waals surface area (Å²) in [5.74, 6) is -0.737. The van der Waals surface area contributed by atoms with Crippen molar-refractivity contribution in [3.63, 3.8) is 0 Å². The van der Waals surface area contributed by atoms with Crippen molar-refractivity contribution < 1.29 is 14.3 Å². The second-order valence-corrected chi connectivity index (χ2v) is 5.93. The van der Waals surface area contributed by atoms with Crippen molar-refractivity contribution >= 4 is 27.8 Å². The average Bonchev–Trinajstić information content (AvgIpc) is 2.59. The molecule has 24 heavy (non-hydrogen) atoms. The first-order valence-electron chi connectivity index (χ1n) is 7.62. The van der Waals surface area contributed by atoms with E-state index < -0.39 is 12.0 Å². The van der Waals surface area contributed by atoms with E-state index in [-0.39, 0.29) is 12.5 Å². The van der Waals surface area contributed by atoms with Gasteiger partial charge in [0, 0.05) is 10.9 Å². The number of ether oxygens (including phenoxy) is 1. The molecule has 0 aliphatic carbocycles. The van der Waals surface area contributed by atoms with Gasteiger partial charge in [-0.05, 0) is 40.5 Å². The van der Waals surface area contributed by atoms with Crippen LogP contribution in [0.2, 0.25) is 0 Å². The van der Waals surface area contributed by atoms with Crippen molar-refractivity contribution in [1.82, 2.24) is 10.9 Å². The zero-order valence-corrected chi connectivity index (χ0v) is 14.9. The summed E-state index contributed by atoms with van der Waals surface area (Å²) in [7, 11) is 0. The maximum atomic E-state index is 12.2. The molecule has 0 aromatic heterocycles. The molecule has 0 fully saturated rings. The molecule has 2 N–H and O–H groups in total. The van der Waals surface area contributed by atoms with Crippen LogP contribution in [0.25, 0.3) is 0 Å². The van der Waals surface area contributed by atoms with Gasteiger partial charge in [-0.25, -0.2) is 5.43 Å². The van der Waals surface area contributed by atoms with Gasteiger partial charge in [-0.1, -0.05) is 42.5 Å². The fourth-order valence-electron chi connectivity index (χ4n) is 2.15. The van der Waals surface area contributed by atoms with Crippen molar-refractivity contribution in [1.29, 1.82) is 0 Å². The number of rotatable bonds is 7. The highest BCUT2D eigenvalue weighted by molar-refractivity contribution is 9.10. The molecule has 2 rings (SSSR count). The number of carbonyl (C=O) groups is 2. The van der Waals surface area contributed by atoms with E-state index in [2.05, 4.69) is 26.8 Å². The molecule has 0 aliphatic rings. The zero-order chi connectivity index (χ0) is 17.4. The summed E-state index contributed by atoms with van der Waals surface area (Å²) in [6.45, 7) is 2.03. The molecular formula is C18H19BrN2O3. The van der Waals surface area contributed by atoms with Crippen LogP contribution in [0.3, 0.4) is 0 Å². The molecule has 1 amide bonds. The van der Waals surface area contributed by atoms with E-state index in [4.69, 9.17) is 4.74 Å². The summed E-state index contributed by atoms with van der Waals surface area (Å²) in [6.07, 6.45) is 0.413. The minimum absolute atomic E-state index is 0.282. The maximum absolute atomic E-state index is 12.2. The first-order chi connectivity index (χ1) is 11.6. The molecule has 1 atom stereocenters. The van der Waals surface area contributed by atoms with Gasteiger partial charge in [0.15, 0.2) is 0 Å². The Morgan fingerprint density at radius 3 is 2.42 bits per heavy atom. The number of benzene rings is 2. The lowest BCUT2D eigenvalue weighted by atomic mass is 10.1. The summed E-state index contributed by atoms with van der Waals surface area (Å²) >= 11 is 3.33. The van der Waals surface area contributed by atoms with Crippen molar-refractivity contribution in [2.24, 2.45) is 0 Å². The second kappa shape index (κ2) is 9.20. The molecule has 0 radical (unpaired) electrons. The number of amides is 1. The molecule has 2 aromatic rings. The number of hydrogen-bond donors (Lipinski definition) is 2. The number of hydrazine groups is 1. The Labute approximate surface area is 149 Å². The van der Waals surface area contributed by atoms with Crippen LogP contribution in [0.1, 0.15) is 22.8 Å². The quantitative estimate of drug-likeness (QED) is 0.563. The van der Waals surface area contributed by atoms with Gasteiger partial charge in [0.05, 0.1) is 12.2 Å². The number of nitrogens with one attached hydrogen (secondary N) is 2. The molecule has 0 heterocycles. The smallest absolute Gasteiger partial charge is 0.325 e. The highest BCUT2D eigenvalue weighted by Gasteiger charge is 2.21. The lowest BCUT2D eigenvalue weighted by Crippen LogP contribution is -2.50. The van der Waals surface area contributed by atoms with Gasteiger partial charge in [0.25, 0.3) is 5.91 Å². The Balaban J connectivity index is 2.04. The summed E-state index contributed by atoms with van der Waals surface area (Å²) in [5.41, 5.74) is 6.81. The fourth-order valence-corrected chi connectivity index (χ4v) is 2.62. The van der Waals surface area contributed by atoms with E-state index in [1.165, 1.54) is 0 Å². The highest BCUT2D eigenvalue weighted by atomic mass is 79.9. The number of hydrogen-bond acceptors (Lipinski definition) is 4. The van der Waals surface area contributed by atoms with Crippen LogP contribution in [0.4, 0.5) is 0 Å². The number of esters is 1. The monoisotopic (exact) mass is 390 g/mol. The number of carbonyl (C=O) groups excluding carboxylic acids is 2. The van der Waals surface area contributed by atoms with E-state index in [0.717, 1.165) is 5.56 Å². The molecule has 0 saturated carbocycles. The predicted molar refractivity (Wildman–Crippen MR) is 95.3 cm³/mol. The zero-order valence-electron chi connectivity index (χ0n) is 13.3. The van der Waals surface area contributed by atoms with Crippen LogP contribution < -0.4 is 10.9 Å². The van der Waals surface area contributed by atoms with Gasteiger partial charge in [-0.3, -0.25) is 15.0 Å². The third-order valence-corrected chi connectivity index (χ3v) is 4.02. The van der Waals surface area contributed by atoms with Crippen molar-refractivity contribution in [2.45, 2.75) is 19.4 Å². The van der Waals surface area contributed by atoms with E-state index >= 15 is 0 Å². The molecule has 0 bridgehead atoms. The van der Waals surface area contributed by atoms with Gasteiger partial charge in [0.1, 0.15) is 6.04 Å². The van der Waals surface area contributed by atoms with E-state index in [9.17, 15) is 9.59 Å². The van der Waals surface area contributed by atoms with Crippen molar-refractivity contribution in [3.8, 4) is 0 Å². The standard InChI is InChI=1S/C18H19BrN2O3/c1-2-24-18(23)16(12-13-8-4-3-5-9-13)20-21-17(22)14-10-6-7-11-15(14)19/h3-11,16,20H,2,12H2,1H3,(H,21,22)/t16-/m0/s1. The summed E-state index contributed by atoms with van der Waals surface area (Å²) in [6, 6.07) is 15.9. The Hall–Kier alpha value is -2.18. The third kappa shape index (κ3) is 5.18. The summed E-state index contributed by atoms with van der Waals surface area (Å²) in [4.78, 5) is 24.4. The van der Waals surface area contributed by atoms with Gasteiger partial charge >= 0.3 is 5.97 Å². The van der Waals surface area contributed by atoms with Gasteiger partial charge in [-0.2, -0.15) is 0 Å². The Morgan fingerprint density at radius 2 is 1.75 bits per heavy atom. The SMILES string of the molecule is CCOC(=O)[C@H](Cc1ccccc1)NNC(=O)c1ccccc1Br. The fraction of sp³-hybridized carbons (Fsp3) is 0.222. The molecule has 0 saturated heterocycles. The molecule has 5 nitrogen and oxygen atoms in total. The van der Waals surface area contributed by atoms with Crippen LogP contribution in [-0.2, 0) is 16.0 Å². The summed E-state index contributed by atoms with van der Waals surface area (Å²) < 4.78 is 5.76. The first-order valence-corrected chi connectivity index (χ1v) is 8.42. The van der Waals surface area contributed by atoms with E-state index in [0.29, 0.717) is 16.5 Å². The number of halogens is 1. The third-order valence-electron chi connectivity index (χ3n) is 3.33. The maximum Gasteiger partial charge on any atom is 0.325 e. The molecule has 0 spiro atoms. The van der Waals surface area contributed by atoms with Crippen LogP contribution in [0, 0.1) is 0 Å². The predicted octanol–water partition coefficient (Wildman–Crippen LogP) is 2.86. The molecular weight excluding hydrogens is 372 g/mol. The van der Waals surface area contributed by atoms with Crippen LogP contribution in [-0.4, -0.2) is 24.5 Å². The topological polar surface area (TPSA) is 67.4 Å². The van der Waals surface area contributed by atoms with E-state index in [1.807, 2.05) is 36.4 Å².